The summed E-state index contributed by atoms with van der Waals surface area (Å²) < 4.78 is 0. The van der Waals surface area contributed by atoms with Crippen LogP contribution >= 0.6 is 0 Å². The molecule has 1 aliphatic carbocycles. The molecule has 2 bridgehead atoms. The third-order valence-corrected chi connectivity index (χ3v) is 6.81. The molecule has 3 atom stereocenters. The summed E-state index contributed by atoms with van der Waals surface area (Å²) in [4.78, 5) is 26.7. The van der Waals surface area contributed by atoms with Crippen molar-refractivity contribution in [3.63, 3.8) is 0 Å². The monoisotopic (exact) mass is 394 g/mol. The first-order chi connectivity index (χ1) is 13.8. The predicted molar refractivity (Wildman–Crippen MR) is 110 cm³/mol. The minimum atomic E-state index is -1.06. The number of rotatable bonds is 4. The quantitative estimate of drug-likeness (QED) is 0.741. The molecule has 2 aliphatic rings. The number of phenols is 1. The van der Waals surface area contributed by atoms with Gasteiger partial charge in [0.25, 0.3) is 0 Å². The smallest absolute Gasteiger partial charge is 0.337 e. The molecule has 4 rings (SSSR count). The Bertz CT molecular complexity index is 973. The highest BCUT2D eigenvalue weighted by Crippen LogP contribution is 2.50. The van der Waals surface area contributed by atoms with Crippen LogP contribution in [-0.4, -0.2) is 46.6 Å². The summed E-state index contributed by atoms with van der Waals surface area (Å²) in [5.41, 5.74) is 2.55. The van der Waals surface area contributed by atoms with E-state index in [1.54, 1.807) is 24.3 Å². The van der Waals surface area contributed by atoms with E-state index in [0.29, 0.717) is 12.1 Å². The van der Waals surface area contributed by atoms with Gasteiger partial charge in [0.15, 0.2) is 0 Å². The number of para-hydroxylation sites is 1. The molecule has 2 aromatic carbocycles. The van der Waals surface area contributed by atoms with Gasteiger partial charge in [0.2, 0.25) is 5.91 Å². The molecule has 2 aromatic rings. The molecule has 1 fully saturated rings. The van der Waals surface area contributed by atoms with Gasteiger partial charge < -0.3 is 20.4 Å². The summed E-state index contributed by atoms with van der Waals surface area (Å²) in [6.45, 7) is 3.13. The second-order valence-electron chi connectivity index (χ2n) is 8.47. The molecule has 1 aliphatic heterocycles. The molecule has 6 heteroatoms. The third-order valence-electron chi connectivity index (χ3n) is 6.81. The molecule has 0 aromatic heterocycles. The molecule has 3 N–H and O–H groups in total. The maximum absolute atomic E-state index is 12.9. The van der Waals surface area contributed by atoms with Crippen molar-refractivity contribution in [1.82, 2.24) is 4.90 Å². The highest BCUT2D eigenvalue weighted by molar-refractivity contribution is 6.00. The summed E-state index contributed by atoms with van der Waals surface area (Å²) in [6.07, 6.45) is 2.04. The van der Waals surface area contributed by atoms with Crippen molar-refractivity contribution in [1.29, 1.82) is 0 Å². The number of amides is 1. The number of aromatic carboxylic acids is 1. The van der Waals surface area contributed by atoms with Crippen molar-refractivity contribution in [3.05, 3.63) is 59.2 Å². The van der Waals surface area contributed by atoms with Gasteiger partial charge in [-0.2, -0.15) is 0 Å². The van der Waals surface area contributed by atoms with Crippen LogP contribution in [0.15, 0.2) is 42.5 Å². The van der Waals surface area contributed by atoms with Crippen LogP contribution in [0.1, 0.15) is 41.3 Å². The van der Waals surface area contributed by atoms with Crippen LogP contribution in [0.3, 0.4) is 0 Å². The summed E-state index contributed by atoms with van der Waals surface area (Å²) >= 11 is 0. The highest BCUT2D eigenvalue weighted by atomic mass is 16.4. The van der Waals surface area contributed by atoms with E-state index in [1.165, 1.54) is 11.6 Å². The van der Waals surface area contributed by atoms with E-state index in [0.717, 1.165) is 24.9 Å². The van der Waals surface area contributed by atoms with Gasteiger partial charge in [0.05, 0.1) is 11.3 Å². The molecular weight excluding hydrogens is 368 g/mol. The van der Waals surface area contributed by atoms with Gasteiger partial charge in [0, 0.05) is 12.5 Å². The fraction of sp³-hybridized carbons (Fsp3) is 0.391. The Morgan fingerprint density at radius 2 is 2.00 bits per heavy atom. The summed E-state index contributed by atoms with van der Waals surface area (Å²) in [5.74, 6) is -0.918. The van der Waals surface area contributed by atoms with E-state index in [1.807, 2.05) is 12.1 Å². The minimum absolute atomic E-state index is 0.0764. The second kappa shape index (κ2) is 7.19. The molecule has 152 valence electrons. The maximum Gasteiger partial charge on any atom is 0.337 e. The molecule has 1 unspecified atom stereocenters. The number of phenolic OH excluding ortho intramolecular Hbond substituents is 1. The van der Waals surface area contributed by atoms with Crippen LogP contribution in [0.5, 0.6) is 5.75 Å². The molecule has 1 heterocycles. The standard InChI is InChI=1S/C23H26N2O4/c1-23-9-10-25(2)20(11-14-7-8-15(26)12-17(14)23)18(23)13-21(27)24-19-6-4-3-5-16(19)22(28)29/h3-8,12,18,20,26H,9-11,13H2,1-2H3,(H,24,27)(H,28,29)/t18-,20?,23+/m0/s1. The Hall–Kier alpha value is -2.86. The van der Waals surface area contributed by atoms with E-state index in [2.05, 4.69) is 24.2 Å². The Balaban J connectivity index is 1.63. The number of likely N-dealkylation sites (tertiary alicyclic amines) is 1. The molecule has 0 saturated carbocycles. The Kier molecular flexibility index (Phi) is 4.82. The van der Waals surface area contributed by atoms with Gasteiger partial charge in [0.1, 0.15) is 5.75 Å². The first-order valence-corrected chi connectivity index (χ1v) is 9.94. The zero-order valence-corrected chi connectivity index (χ0v) is 16.7. The van der Waals surface area contributed by atoms with Crippen molar-refractivity contribution in [2.24, 2.45) is 5.92 Å². The topological polar surface area (TPSA) is 89.9 Å². The van der Waals surface area contributed by atoms with E-state index < -0.39 is 5.97 Å². The average Bonchev–Trinajstić information content (AvgIpc) is 2.68. The van der Waals surface area contributed by atoms with Crippen LogP contribution < -0.4 is 5.32 Å². The van der Waals surface area contributed by atoms with Crippen molar-refractivity contribution < 1.29 is 19.8 Å². The molecule has 0 radical (unpaired) electrons. The molecular formula is C23H26N2O4. The van der Waals surface area contributed by atoms with Crippen LogP contribution in [-0.2, 0) is 16.6 Å². The fourth-order valence-electron chi connectivity index (χ4n) is 5.16. The Morgan fingerprint density at radius 3 is 2.76 bits per heavy atom. The van der Waals surface area contributed by atoms with Crippen molar-refractivity contribution >= 4 is 17.6 Å². The number of nitrogens with one attached hydrogen (secondary N) is 1. The zero-order chi connectivity index (χ0) is 20.8. The number of benzene rings is 2. The van der Waals surface area contributed by atoms with Gasteiger partial charge in [-0.3, -0.25) is 4.79 Å². The largest absolute Gasteiger partial charge is 0.508 e. The van der Waals surface area contributed by atoms with Crippen molar-refractivity contribution in [2.75, 3.05) is 18.9 Å². The number of likely N-dealkylation sites (N-methyl/N-ethyl adjacent to an activating group) is 1. The SMILES string of the molecule is CN1CC[C@]2(C)c3cc(O)ccc3CC1[C@@H]2CC(=O)Nc1ccccc1C(=O)O. The molecule has 6 nitrogen and oxygen atoms in total. The molecule has 0 spiro atoms. The predicted octanol–water partition coefficient (Wildman–Crippen LogP) is 3.25. The third kappa shape index (κ3) is 3.38. The van der Waals surface area contributed by atoms with Gasteiger partial charge in [-0.05, 0) is 73.2 Å². The summed E-state index contributed by atoms with van der Waals surface area (Å²) in [5, 5.41) is 22.2. The molecule has 29 heavy (non-hydrogen) atoms. The number of hydrogen-bond acceptors (Lipinski definition) is 4. The first-order valence-electron chi connectivity index (χ1n) is 9.94. The van der Waals surface area contributed by atoms with Gasteiger partial charge >= 0.3 is 5.97 Å². The van der Waals surface area contributed by atoms with Gasteiger partial charge in [-0.15, -0.1) is 0 Å². The van der Waals surface area contributed by atoms with Crippen LogP contribution in [0, 0.1) is 5.92 Å². The number of hydrogen-bond donors (Lipinski definition) is 3. The number of carbonyl (C=O) groups excluding carboxylic acids is 1. The number of carbonyl (C=O) groups is 2. The number of nitrogens with zero attached hydrogens (tertiary/aromatic N) is 1. The van der Waals surface area contributed by atoms with Crippen LogP contribution in [0.25, 0.3) is 0 Å². The van der Waals surface area contributed by atoms with E-state index in [9.17, 15) is 19.8 Å². The lowest BCUT2D eigenvalue weighted by atomic mass is 9.57. The number of anilines is 1. The van der Waals surface area contributed by atoms with E-state index in [4.69, 9.17) is 0 Å². The lowest BCUT2D eigenvalue weighted by Crippen LogP contribution is -2.58. The second-order valence-corrected chi connectivity index (χ2v) is 8.47. The minimum Gasteiger partial charge on any atom is -0.508 e. The lowest BCUT2D eigenvalue weighted by molar-refractivity contribution is -0.119. The number of carboxylic acid groups (broad SMARTS) is 1. The number of carboxylic acids is 1. The Labute approximate surface area is 170 Å². The van der Waals surface area contributed by atoms with Crippen LogP contribution in [0.2, 0.25) is 0 Å². The fourth-order valence-corrected chi connectivity index (χ4v) is 5.16. The van der Waals surface area contributed by atoms with Gasteiger partial charge in [-0.1, -0.05) is 25.1 Å². The first kappa shape index (κ1) is 19.5. The maximum atomic E-state index is 12.9. The average molecular weight is 394 g/mol. The van der Waals surface area contributed by atoms with Crippen molar-refractivity contribution in [3.8, 4) is 5.75 Å². The van der Waals surface area contributed by atoms with Crippen LogP contribution in [0.4, 0.5) is 5.69 Å². The number of aromatic hydroxyl groups is 1. The summed E-state index contributed by atoms with van der Waals surface area (Å²) in [7, 11) is 2.10. The zero-order valence-electron chi connectivity index (χ0n) is 16.7. The summed E-state index contributed by atoms with van der Waals surface area (Å²) in [6, 6.07) is 12.3. The van der Waals surface area contributed by atoms with E-state index >= 15 is 0 Å². The molecule has 1 saturated heterocycles. The lowest BCUT2D eigenvalue weighted by Gasteiger charge is -2.54. The number of piperidine rings is 1. The van der Waals surface area contributed by atoms with Gasteiger partial charge in [-0.25, -0.2) is 4.79 Å². The van der Waals surface area contributed by atoms with E-state index in [-0.39, 0.29) is 34.6 Å². The molecule has 1 amide bonds. The Morgan fingerprint density at radius 1 is 1.24 bits per heavy atom. The highest BCUT2D eigenvalue weighted by Gasteiger charge is 2.50. The number of fused-ring (bicyclic) bond motifs is 4. The normalized spacial score (nSPS) is 25.9. The van der Waals surface area contributed by atoms with Crippen molar-refractivity contribution in [2.45, 2.75) is 37.6 Å².